The Hall–Kier alpha value is -6.56. The Kier molecular flexibility index (Phi) is 11.6. The number of nitrogens with zero attached hydrogens (tertiary/aromatic N) is 8. The third-order valence-corrected chi connectivity index (χ3v) is 13.9. The van der Waals surface area contributed by atoms with E-state index >= 15 is 0 Å². The quantitative estimate of drug-likeness (QED) is 0.214. The average Bonchev–Trinajstić information content (AvgIpc) is 3.32. The molecule has 4 N–H and O–H groups in total. The molecule has 0 unspecified atom stereocenters. The predicted molar refractivity (Wildman–Crippen MR) is 242 cm³/mol. The molecule has 342 valence electrons. The smallest absolute Gasteiger partial charge is 0.319 e. The zero-order valence-corrected chi connectivity index (χ0v) is 36.5. The number of hydrogen-bond acceptors (Lipinski definition) is 14. The van der Waals surface area contributed by atoms with E-state index in [1.807, 2.05) is 41.1 Å². The highest BCUT2D eigenvalue weighted by Gasteiger charge is 2.40. The fraction of sp³-hybridized carbons (Fsp3) is 0.468. The maximum Gasteiger partial charge on any atom is 0.319 e. The minimum atomic E-state index is -0.731. The molecule has 6 aliphatic heterocycles. The van der Waals surface area contributed by atoms with Gasteiger partial charge < -0.3 is 54.5 Å². The molecule has 4 aromatic rings. The van der Waals surface area contributed by atoms with Crippen LogP contribution in [0.5, 0.6) is 17.2 Å². The number of likely N-dealkylation sites (tertiary alicyclic amines) is 1. The zero-order valence-electron chi connectivity index (χ0n) is 36.5. The van der Waals surface area contributed by atoms with Crippen LogP contribution in [-0.4, -0.2) is 146 Å². The van der Waals surface area contributed by atoms with Crippen LogP contribution in [0.15, 0.2) is 66.7 Å². The topological polar surface area (TPSA) is 182 Å². The van der Waals surface area contributed by atoms with Gasteiger partial charge in [-0.3, -0.25) is 14.9 Å². The van der Waals surface area contributed by atoms with E-state index in [0.717, 1.165) is 67.3 Å². The van der Waals surface area contributed by atoms with E-state index in [2.05, 4.69) is 53.3 Å². The number of phenolic OH excluding ortho intramolecular Hbond substituents is 1. The van der Waals surface area contributed by atoms with Gasteiger partial charge >= 0.3 is 6.03 Å². The largest absolute Gasteiger partial charge is 0.504 e. The molecule has 0 saturated carbocycles. The lowest BCUT2D eigenvalue weighted by atomic mass is 10.0. The normalized spacial score (nSPS) is 22.9. The second-order valence-electron chi connectivity index (χ2n) is 17.8. The van der Waals surface area contributed by atoms with Gasteiger partial charge in [0.25, 0.3) is 0 Å². The number of amides is 4. The molecular weight excluding hydrogens is 836 g/mol. The number of hydrogen-bond donors (Lipinski definition) is 3. The van der Waals surface area contributed by atoms with Gasteiger partial charge in [-0.15, -0.1) is 10.2 Å². The number of piperazine rings is 1. The Morgan fingerprint density at radius 1 is 0.877 bits per heavy atom. The highest BCUT2D eigenvalue weighted by Crippen LogP contribution is 2.43. The number of nitrogens with one attached hydrogen (secondary N) is 1. The number of phenols is 1. The van der Waals surface area contributed by atoms with Crippen LogP contribution < -0.4 is 40.1 Å². The van der Waals surface area contributed by atoms with E-state index in [4.69, 9.17) is 19.9 Å². The van der Waals surface area contributed by atoms with Crippen molar-refractivity contribution in [3.05, 3.63) is 72.5 Å². The Morgan fingerprint density at radius 2 is 1.62 bits per heavy atom. The molecule has 18 heteroatoms. The number of halogens is 1. The number of aromatic hydroxyl groups is 1. The van der Waals surface area contributed by atoms with E-state index < -0.39 is 17.6 Å². The highest BCUT2D eigenvalue weighted by atomic mass is 19.1. The van der Waals surface area contributed by atoms with Gasteiger partial charge in [-0.25, -0.2) is 9.18 Å². The van der Waals surface area contributed by atoms with Crippen LogP contribution in [0.25, 0.3) is 11.3 Å². The van der Waals surface area contributed by atoms with Gasteiger partial charge in [-0.05, 0) is 61.7 Å². The molecule has 3 aromatic carbocycles. The van der Waals surface area contributed by atoms with Crippen LogP contribution in [-0.2, 0) is 14.3 Å². The standard InChI is InChI=1S/C47H55FN10O7/c1-53(29-13-17-54(18-14-29)38-9-4-10-39-44(38)64-22-21-57(39)40-11-12-42(59)50-46(40)61)47(62)55-19-15-33(16-20-55)65-34-6-2-5-30(23-34)58-31-25-56(26-32(58)28-63-27-31)41-24-37(51-52-45(41)49)35-7-3-8-36(48)43(35)60/h2-10,23-24,29,31-33,40,60H,11-22,25-28H2,1H3,(H2,49,52)(H,50,59,61)/t31-,32-,40-/m0/s1. The van der Waals surface area contributed by atoms with Crippen LogP contribution in [0.4, 0.5) is 37.8 Å². The first-order valence-electron chi connectivity index (χ1n) is 22.7. The van der Waals surface area contributed by atoms with Gasteiger partial charge in [0.1, 0.15) is 24.5 Å². The number of urea groups is 1. The van der Waals surface area contributed by atoms with Crippen molar-refractivity contribution in [1.29, 1.82) is 0 Å². The van der Waals surface area contributed by atoms with E-state index in [1.165, 1.54) is 12.1 Å². The fourth-order valence-corrected chi connectivity index (χ4v) is 10.5. The minimum Gasteiger partial charge on any atom is -0.504 e. The van der Waals surface area contributed by atoms with Crippen molar-refractivity contribution in [1.82, 2.24) is 25.3 Å². The Morgan fingerprint density at radius 3 is 2.38 bits per heavy atom. The number of anilines is 5. The van der Waals surface area contributed by atoms with Crippen molar-refractivity contribution in [2.24, 2.45) is 0 Å². The summed E-state index contributed by atoms with van der Waals surface area (Å²) in [4.78, 5) is 51.2. The van der Waals surface area contributed by atoms with Crippen LogP contribution in [0, 0.1) is 5.82 Å². The zero-order chi connectivity index (χ0) is 44.8. The van der Waals surface area contributed by atoms with Crippen molar-refractivity contribution < 1.29 is 38.1 Å². The Bertz CT molecular complexity index is 2430. The van der Waals surface area contributed by atoms with Gasteiger partial charge in [-0.1, -0.05) is 18.2 Å². The molecular formula is C47H55FN10O7. The number of piperidine rings is 3. The number of rotatable bonds is 8. The number of benzene rings is 3. The maximum atomic E-state index is 14.2. The average molecular weight is 891 g/mol. The Labute approximate surface area is 376 Å². The Balaban J connectivity index is 0.724. The van der Waals surface area contributed by atoms with Gasteiger partial charge in [0.05, 0.1) is 54.6 Å². The number of para-hydroxylation sites is 2. The van der Waals surface area contributed by atoms with Crippen LogP contribution in [0.2, 0.25) is 0 Å². The second-order valence-corrected chi connectivity index (χ2v) is 17.8. The number of carbonyl (C=O) groups is 3. The van der Waals surface area contributed by atoms with Crippen LogP contribution >= 0.6 is 0 Å². The van der Waals surface area contributed by atoms with Crippen LogP contribution in [0.3, 0.4) is 0 Å². The third-order valence-electron chi connectivity index (χ3n) is 13.9. The number of imide groups is 1. The number of nitrogens with two attached hydrogens (primary N) is 1. The fourth-order valence-electron chi connectivity index (χ4n) is 10.5. The monoisotopic (exact) mass is 890 g/mol. The molecule has 7 heterocycles. The van der Waals surface area contributed by atoms with Gasteiger partial charge in [-0.2, -0.15) is 0 Å². The molecule has 4 amide bonds. The maximum absolute atomic E-state index is 14.2. The molecule has 5 fully saturated rings. The third kappa shape index (κ3) is 8.35. The summed E-state index contributed by atoms with van der Waals surface area (Å²) in [6.45, 7) is 6.02. The van der Waals surface area contributed by atoms with Crippen molar-refractivity contribution in [3.63, 3.8) is 0 Å². The molecule has 5 saturated heterocycles. The lowest BCUT2D eigenvalue weighted by Gasteiger charge is -2.51. The van der Waals surface area contributed by atoms with E-state index in [1.54, 1.807) is 12.1 Å². The number of carbonyl (C=O) groups excluding carboxylic acids is 3. The summed E-state index contributed by atoms with van der Waals surface area (Å²) in [5, 5.41) is 21.2. The number of aromatic nitrogens is 2. The first-order valence-corrected chi connectivity index (χ1v) is 22.7. The number of fused-ring (bicyclic) bond motifs is 3. The van der Waals surface area contributed by atoms with Crippen LogP contribution in [0.1, 0.15) is 38.5 Å². The molecule has 0 spiro atoms. The summed E-state index contributed by atoms with van der Waals surface area (Å²) in [6.07, 6.45) is 3.88. The highest BCUT2D eigenvalue weighted by molar-refractivity contribution is 6.02. The van der Waals surface area contributed by atoms with Crippen molar-refractivity contribution in [2.75, 3.05) is 98.0 Å². The molecule has 6 aliphatic rings. The summed E-state index contributed by atoms with van der Waals surface area (Å²) in [6, 6.07) is 20.1. The summed E-state index contributed by atoms with van der Waals surface area (Å²) in [5.74, 6) is 0.124. The summed E-state index contributed by atoms with van der Waals surface area (Å²) in [5.41, 5.74) is 10.5. The van der Waals surface area contributed by atoms with E-state index in [9.17, 15) is 23.9 Å². The second kappa shape index (κ2) is 17.8. The summed E-state index contributed by atoms with van der Waals surface area (Å²) >= 11 is 0. The first kappa shape index (κ1) is 42.4. The van der Waals surface area contributed by atoms with Crippen molar-refractivity contribution >= 4 is 46.4 Å². The SMILES string of the molecule is CN(C(=O)N1CCC(Oc2cccc(N3[C@@H]4COC[C@@H]3CN(c3cc(-c5cccc(F)c5O)nnc3N)C4)c2)CC1)C1CCN(c2cccc3c2OCCN3[C@H]2CCC(=O)NC2=O)CC1. The van der Waals surface area contributed by atoms with Gasteiger partial charge in [0.15, 0.2) is 23.1 Å². The lowest BCUT2D eigenvalue weighted by Crippen LogP contribution is -2.65. The first-order chi connectivity index (χ1) is 31.6. The molecule has 2 bridgehead atoms. The molecule has 0 aliphatic carbocycles. The lowest BCUT2D eigenvalue weighted by molar-refractivity contribution is -0.134. The number of ether oxygens (including phenoxy) is 3. The molecule has 3 atom stereocenters. The van der Waals surface area contributed by atoms with E-state index in [0.29, 0.717) is 76.8 Å². The number of nitrogen functional groups attached to an aromatic ring is 1. The van der Waals surface area contributed by atoms with E-state index in [-0.39, 0.29) is 53.5 Å². The van der Waals surface area contributed by atoms with Gasteiger partial charge in [0.2, 0.25) is 11.8 Å². The van der Waals surface area contributed by atoms with Gasteiger partial charge in [0, 0.05) is 88.9 Å². The molecule has 1 aromatic heterocycles. The number of morpholine rings is 1. The summed E-state index contributed by atoms with van der Waals surface area (Å²) < 4.78 is 33.0. The predicted octanol–water partition coefficient (Wildman–Crippen LogP) is 4.23. The van der Waals surface area contributed by atoms with Crippen molar-refractivity contribution in [2.45, 2.75) is 68.8 Å². The molecule has 17 nitrogen and oxygen atoms in total. The summed E-state index contributed by atoms with van der Waals surface area (Å²) in [7, 11) is 1.92. The van der Waals surface area contributed by atoms with Crippen molar-refractivity contribution in [3.8, 4) is 28.5 Å². The molecule has 10 rings (SSSR count). The minimum absolute atomic E-state index is 0.00491. The molecule has 65 heavy (non-hydrogen) atoms. The molecule has 0 radical (unpaired) electrons.